The van der Waals surface area contributed by atoms with Crippen molar-refractivity contribution in [3.63, 3.8) is 0 Å². The molecule has 0 bridgehead atoms. The van der Waals surface area contributed by atoms with E-state index in [0.717, 1.165) is 33.9 Å². The lowest BCUT2D eigenvalue weighted by Crippen LogP contribution is -2.52. The summed E-state index contributed by atoms with van der Waals surface area (Å²) >= 11 is 1.16. The number of nitrogens with zero attached hydrogens (tertiary/aromatic N) is 3. The molecule has 6 rings (SSSR count). The van der Waals surface area contributed by atoms with Gasteiger partial charge in [0, 0.05) is 12.1 Å². The standard InChI is InChI=1S/C25H18FN5O4S/c26-17-4-2-16(3-5-17)25(23(33)27-24(34)28-25)13-31-11-15-10-18(6-7-19(15)22(31)32)35-12-14-1-8-20-21(9-14)30-36-29-20/h1-10H,11-13H2,(H2,27,28,33,34). The van der Waals surface area contributed by atoms with Gasteiger partial charge in [0.1, 0.15) is 29.2 Å². The molecule has 180 valence electrons. The van der Waals surface area contributed by atoms with Crippen molar-refractivity contribution in [2.75, 3.05) is 6.54 Å². The fourth-order valence-electron chi connectivity index (χ4n) is 4.58. The van der Waals surface area contributed by atoms with Crippen LogP contribution in [0.15, 0.2) is 60.7 Å². The first kappa shape index (κ1) is 22.1. The number of urea groups is 1. The first-order valence-electron chi connectivity index (χ1n) is 11.1. The number of amides is 4. The number of halogens is 1. The molecule has 11 heteroatoms. The minimum Gasteiger partial charge on any atom is -0.489 e. The molecule has 1 aromatic heterocycles. The summed E-state index contributed by atoms with van der Waals surface area (Å²) in [6.45, 7) is 0.444. The molecule has 36 heavy (non-hydrogen) atoms. The van der Waals surface area contributed by atoms with Gasteiger partial charge in [-0.3, -0.25) is 14.9 Å². The molecule has 1 saturated heterocycles. The summed E-state index contributed by atoms with van der Waals surface area (Å²) in [5.41, 5.74) is 2.70. The number of ether oxygens (including phenoxy) is 1. The van der Waals surface area contributed by atoms with Gasteiger partial charge >= 0.3 is 6.03 Å². The lowest BCUT2D eigenvalue weighted by Gasteiger charge is -2.31. The maximum absolute atomic E-state index is 13.5. The average Bonchev–Trinajstić information content (AvgIpc) is 3.54. The van der Waals surface area contributed by atoms with Gasteiger partial charge in [-0.2, -0.15) is 8.75 Å². The number of hydrogen-bond donors (Lipinski definition) is 2. The molecule has 0 radical (unpaired) electrons. The number of nitrogens with one attached hydrogen (secondary N) is 2. The van der Waals surface area contributed by atoms with E-state index in [9.17, 15) is 18.8 Å². The second kappa shape index (κ2) is 8.38. The highest BCUT2D eigenvalue weighted by Crippen LogP contribution is 2.32. The third-order valence-electron chi connectivity index (χ3n) is 6.39. The van der Waals surface area contributed by atoms with Crippen molar-refractivity contribution in [2.24, 2.45) is 0 Å². The van der Waals surface area contributed by atoms with Crippen molar-refractivity contribution in [3.05, 3.63) is 88.7 Å². The van der Waals surface area contributed by atoms with Crippen molar-refractivity contribution in [1.29, 1.82) is 0 Å². The smallest absolute Gasteiger partial charge is 0.322 e. The Morgan fingerprint density at radius 1 is 1.00 bits per heavy atom. The van der Waals surface area contributed by atoms with E-state index >= 15 is 0 Å². The lowest BCUT2D eigenvalue weighted by atomic mass is 9.89. The van der Waals surface area contributed by atoms with Gasteiger partial charge < -0.3 is 15.0 Å². The van der Waals surface area contributed by atoms with Gasteiger partial charge in [-0.15, -0.1) is 0 Å². The molecule has 3 heterocycles. The summed E-state index contributed by atoms with van der Waals surface area (Å²) in [6, 6.07) is 15.6. The third-order valence-corrected chi connectivity index (χ3v) is 6.94. The normalized spacial score (nSPS) is 18.9. The molecule has 1 atom stereocenters. The average molecular weight is 504 g/mol. The first-order chi connectivity index (χ1) is 17.4. The molecule has 4 aromatic rings. The number of carbonyl (C=O) groups is 3. The van der Waals surface area contributed by atoms with Crippen LogP contribution >= 0.6 is 11.7 Å². The Morgan fingerprint density at radius 3 is 2.58 bits per heavy atom. The molecule has 2 N–H and O–H groups in total. The van der Waals surface area contributed by atoms with E-state index in [1.807, 2.05) is 18.2 Å². The second-order valence-electron chi connectivity index (χ2n) is 8.68. The van der Waals surface area contributed by atoms with Crippen molar-refractivity contribution in [3.8, 4) is 5.75 Å². The summed E-state index contributed by atoms with van der Waals surface area (Å²) in [5, 5.41) is 4.87. The van der Waals surface area contributed by atoms with Crippen molar-refractivity contribution in [2.45, 2.75) is 18.7 Å². The predicted octanol–water partition coefficient (Wildman–Crippen LogP) is 3.10. The summed E-state index contributed by atoms with van der Waals surface area (Å²) in [5.74, 6) is -0.744. The van der Waals surface area contributed by atoms with Crippen molar-refractivity contribution in [1.82, 2.24) is 24.3 Å². The molecule has 2 aliphatic rings. The van der Waals surface area contributed by atoms with Gasteiger partial charge in [-0.1, -0.05) is 18.2 Å². The van der Waals surface area contributed by atoms with Crippen LogP contribution in [-0.4, -0.2) is 38.0 Å². The van der Waals surface area contributed by atoms with E-state index in [1.165, 1.54) is 29.2 Å². The van der Waals surface area contributed by atoms with Crippen LogP contribution in [-0.2, 0) is 23.5 Å². The Kier molecular flexibility index (Phi) is 5.15. The molecule has 0 aliphatic carbocycles. The van der Waals surface area contributed by atoms with E-state index in [1.54, 1.807) is 18.2 Å². The fourth-order valence-corrected chi connectivity index (χ4v) is 5.09. The molecule has 3 aromatic carbocycles. The molecule has 4 amide bonds. The van der Waals surface area contributed by atoms with Crippen LogP contribution in [0, 0.1) is 5.82 Å². The maximum atomic E-state index is 13.5. The molecule has 9 nitrogen and oxygen atoms in total. The lowest BCUT2D eigenvalue weighted by molar-refractivity contribution is -0.124. The van der Waals surface area contributed by atoms with Crippen LogP contribution in [0.25, 0.3) is 11.0 Å². The largest absolute Gasteiger partial charge is 0.489 e. The van der Waals surface area contributed by atoms with Gasteiger partial charge in [-0.05, 0) is 59.2 Å². The number of carbonyl (C=O) groups excluding carboxylic acids is 3. The highest BCUT2D eigenvalue weighted by molar-refractivity contribution is 7.00. The van der Waals surface area contributed by atoms with Crippen LogP contribution < -0.4 is 15.4 Å². The van der Waals surface area contributed by atoms with E-state index < -0.39 is 23.3 Å². The Morgan fingerprint density at radius 2 is 1.81 bits per heavy atom. The van der Waals surface area contributed by atoms with Crippen LogP contribution in [0.1, 0.15) is 27.0 Å². The quantitative estimate of drug-likeness (QED) is 0.391. The van der Waals surface area contributed by atoms with Gasteiger partial charge in [0.05, 0.1) is 18.3 Å². The number of hydrogen-bond acceptors (Lipinski definition) is 7. The van der Waals surface area contributed by atoms with Crippen LogP contribution in [0.5, 0.6) is 5.75 Å². The molecule has 0 spiro atoms. The van der Waals surface area contributed by atoms with E-state index in [4.69, 9.17) is 4.74 Å². The number of rotatable bonds is 6. The highest BCUT2D eigenvalue weighted by atomic mass is 32.1. The molecule has 1 fully saturated rings. The summed E-state index contributed by atoms with van der Waals surface area (Å²) in [7, 11) is 0. The maximum Gasteiger partial charge on any atom is 0.322 e. The molecular weight excluding hydrogens is 485 g/mol. The highest BCUT2D eigenvalue weighted by Gasteiger charge is 2.50. The van der Waals surface area contributed by atoms with Gasteiger partial charge in [0.25, 0.3) is 11.8 Å². The van der Waals surface area contributed by atoms with E-state index in [-0.39, 0.29) is 19.0 Å². The Labute approximate surface area is 208 Å². The summed E-state index contributed by atoms with van der Waals surface area (Å²) in [6.07, 6.45) is 0. The molecule has 1 unspecified atom stereocenters. The molecule has 2 aliphatic heterocycles. The molecule has 0 saturated carbocycles. The monoisotopic (exact) mass is 503 g/mol. The summed E-state index contributed by atoms with van der Waals surface area (Å²) in [4.78, 5) is 39.5. The second-order valence-corrected chi connectivity index (χ2v) is 9.21. The number of imide groups is 1. The van der Waals surface area contributed by atoms with Gasteiger partial charge in [-0.25, -0.2) is 9.18 Å². The zero-order valence-electron chi connectivity index (χ0n) is 18.7. The Bertz CT molecular complexity index is 1540. The molecular formula is C25H18FN5O4S. The summed E-state index contributed by atoms with van der Waals surface area (Å²) < 4.78 is 27.9. The Balaban J connectivity index is 1.21. The minimum atomic E-state index is -1.52. The predicted molar refractivity (Wildman–Crippen MR) is 128 cm³/mol. The van der Waals surface area contributed by atoms with Crippen molar-refractivity contribution >= 4 is 40.6 Å². The number of benzene rings is 3. The topological polar surface area (TPSA) is 114 Å². The van der Waals surface area contributed by atoms with Crippen molar-refractivity contribution < 1.29 is 23.5 Å². The van der Waals surface area contributed by atoms with E-state index in [2.05, 4.69) is 19.4 Å². The van der Waals surface area contributed by atoms with Crippen LogP contribution in [0.4, 0.5) is 9.18 Å². The van der Waals surface area contributed by atoms with Gasteiger partial charge in [0.2, 0.25) is 0 Å². The van der Waals surface area contributed by atoms with E-state index in [0.29, 0.717) is 23.5 Å². The van der Waals surface area contributed by atoms with Gasteiger partial charge in [0.15, 0.2) is 5.54 Å². The van der Waals surface area contributed by atoms with Crippen LogP contribution in [0.2, 0.25) is 0 Å². The Hall–Kier alpha value is -4.38. The zero-order chi connectivity index (χ0) is 24.9. The SMILES string of the molecule is O=C1NC(=O)C(CN2Cc3cc(OCc4ccc5nsnc5c4)ccc3C2=O)(c2ccc(F)cc2)N1. The number of aromatic nitrogens is 2. The third kappa shape index (κ3) is 3.73. The first-order valence-corrected chi connectivity index (χ1v) is 11.8. The zero-order valence-corrected chi connectivity index (χ0v) is 19.5. The number of fused-ring (bicyclic) bond motifs is 2. The van der Waals surface area contributed by atoms with Crippen LogP contribution in [0.3, 0.4) is 0 Å². The fraction of sp³-hybridized carbons (Fsp3) is 0.160. The minimum absolute atomic E-state index is 0.110.